The second-order valence-electron chi connectivity index (χ2n) is 4.43. The molecule has 0 radical (unpaired) electrons. The van der Waals surface area contributed by atoms with E-state index in [0.717, 1.165) is 12.1 Å². The van der Waals surface area contributed by atoms with Gasteiger partial charge >= 0.3 is 6.18 Å². The van der Waals surface area contributed by atoms with Crippen molar-refractivity contribution in [1.29, 1.82) is 0 Å². The molecular formula is C14H17F3N2O4. The standard InChI is InChI=1S/C14H17F3N2O4/c1-22-6-5-18-12(20)8-19-13(21)9-23-11-4-2-3-10(7-11)14(15,16)17/h2-4,7H,5-6,8-9H2,1H3,(H,18,20)(H,19,21). The number of benzene rings is 1. The summed E-state index contributed by atoms with van der Waals surface area (Å²) in [4.78, 5) is 22.8. The summed E-state index contributed by atoms with van der Waals surface area (Å²) < 4.78 is 47.3. The van der Waals surface area contributed by atoms with Crippen LogP contribution in [0.1, 0.15) is 5.56 Å². The fourth-order valence-corrected chi connectivity index (χ4v) is 1.50. The van der Waals surface area contributed by atoms with Crippen LogP contribution in [0.4, 0.5) is 13.2 Å². The van der Waals surface area contributed by atoms with Gasteiger partial charge in [0.25, 0.3) is 5.91 Å². The van der Waals surface area contributed by atoms with Gasteiger partial charge in [0.2, 0.25) is 5.91 Å². The highest BCUT2D eigenvalue weighted by atomic mass is 19.4. The Balaban J connectivity index is 2.35. The average Bonchev–Trinajstić information content (AvgIpc) is 2.50. The molecule has 0 aromatic heterocycles. The van der Waals surface area contributed by atoms with E-state index in [2.05, 4.69) is 10.6 Å². The Labute approximate surface area is 130 Å². The number of ether oxygens (including phenoxy) is 2. The highest BCUT2D eigenvalue weighted by Gasteiger charge is 2.30. The summed E-state index contributed by atoms with van der Waals surface area (Å²) in [5, 5.41) is 4.78. The molecule has 2 amide bonds. The molecule has 1 aromatic carbocycles. The Morgan fingerprint density at radius 2 is 1.91 bits per heavy atom. The predicted octanol–water partition coefficient (Wildman–Crippen LogP) is 0.963. The predicted molar refractivity (Wildman–Crippen MR) is 74.8 cm³/mol. The van der Waals surface area contributed by atoms with Gasteiger partial charge in [-0.3, -0.25) is 9.59 Å². The molecule has 1 aromatic rings. The van der Waals surface area contributed by atoms with Crippen molar-refractivity contribution in [2.75, 3.05) is 33.4 Å². The molecule has 0 unspecified atom stereocenters. The lowest BCUT2D eigenvalue weighted by atomic mass is 10.2. The highest BCUT2D eigenvalue weighted by Crippen LogP contribution is 2.31. The van der Waals surface area contributed by atoms with Crippen LogP contribution in [0.25, 0.3) is 0 Å². The number of halogens is 3. The molecule has 2 N–H and O–H groups in total. The van der Waals surface area contributed by atoms with Crippen molar-refractivity contribution in [2.45, 2.75) is 6.18 Å². The molecule has 23 heavy (non-hydrogen) atoms. The molecule has 9 heteroatoms. The van der Waals surface area contributed by atoms with Crippen molar-refractivity contribution in [3.05, 3.63) is 29.8 Å². The zero-order valence-corrected chi connectivity index (χ0v) is 12.4. The largest absolute Gasteiger partial charge is 0.484 e. The molecule has 0 heterocycles. The number of carbonyl (C=O) groups excluding carboxylic acids is 2. The number of hydrogen-bond acceptors (Lipinski definition) is 4. The molecule has 6 nitrogen and oxygen atoms in total. The number of amides is 2. The normalized spacial score (nSPS) is 11.0. The van der Waals surface area contributed by atoms with Crippen LogP contribution in [-0.2, 0) is 20.5 Å². The number of methoxy groups -OCH3 is 1. The summed E-state index contributed by atoms with van der Waals surface area (Å²) in [5.74, 6) is -1.11. The SMILES string of the molecule is COCCNC(=O)CNC(=O)COc1cccc(C(F)(F)F)c1. The van der Waals surface area contributed by atoms with Crippen LogP contribution in [0.5, 0.6) is 5.75 Å². The Kier molecular flexibility index (Phi) is 7.33. The summed E-state index contributed by atoms with van der Waals surface area (Å²) >= 11 is 0. The van der Waals surface area contributed by atoms with Crippen molar-refractivity contribution in [3.8, 4) is 5.75 Å². The van der Waals surface area contributed by atoms with Crippen LogP contribution in [0.3, 0.4) is 0 Å². The van der Waals surface area contributed by atoms with Gasteiger partial charge in [-0.1, -0.05) is 6.07 Å². The zero-order chi connectivity index (χ0) is 17.3. The first-order valence-electron chi connectivity index (χ1n) is 6.65. The highest BCUT2D eigenvalue weighted by molar-refractivity contribution is 5.85. The summed E-state index contributed by atoms with van der Waals surface area (Å²) in [5.41, 5.74) is -0.868. The van der Waals surface area contributed by atoms with Crippen LogP contribution >= 0.6 is 0 Å². The van der Waals surface area contributed by atoms with Gasteiger partial charge in [-0.05, 0) is 18.2 Å². The molecule has 0 saturated carbocycles. The summed E-state index contributed by atoms with van der Waals surface area (Å²) in [6.45, 7) is -0.0918. The lowest BCUT2D eigenvalue weighted by Gasteiger charge is -2.10. The first kappa shape index (κ1) is 18.8. The first-order valence-corrected chi connectivity index (χ1v) is 6.65. The van der Waals surface area contributed by atoms with Crippen molar-refractivity contribution >= 4 is 11.8 Å². The Hall–Kier alpha value is -2.29. The van der Waals surface area contributed by atoms with Gasteiger partial charge < -0.3 is 20.1 Å². The minimum absolute atomic E-state index is 0.0838. The molecule has 1 rings (SSSR count). The van der Waals surface area contributed by atoms with E-state index in [4.69, 9.17) is 9.47 Å². The van der Waals surface area contributed by atoms with Crippen molar-refractivity contribution in [2.24, 2.45) is 0 Å². The van der Waals surface area contributed by atoms with Gasteiger partial charge in [-0.2, -0.15) is 13.2 Å². The van der Waals surface area contributed by atoms with Crippen molar-refractivity contribution in [1.82, 2.24) is 10.6 Å². The first-order chi connectivity index (χ1) is 10.8. The molecule has 128 valence electrons. The number of rotatable bonds is 8. The lowest BCUT2D eigenvalue weighted by Crippen LogP contribution is -2.39. The second kappa shape index (κ2) is 8.99. The van der Waals surface area contributed by atoms with E-state index in [9.17, 15) is 22.8 Å². The molecule has 0 atom stereocenters. The fourth-order valence-electron chi connectivity index (χ4n) is 1.50. The fraction of sp³-hybridized carbons (Fsp3) is 0.429. The van der Waals surface area contributed by atoms with Gasteiger partial charge in [0, 0.05) is 13.7 Å². The minimum Gasteiger partial charge on any atom is -0.484 e. The van der Waals surface area contributed by atoms with Crippen LogP contribution in [0, 0.1) is 0 Å². The Morgan fingerprint density at radius 3 is 2.57 bits per heavy atom. The lowest BCUT2D eigenvalue weighted by molar-refractivity contribution is -0.137. The molecule has 0 saturated heterocycles. The van der Waals surface area contributed by atoms with Crippen molar-refractivity contribution < 1.29 is 32.2 Å². The van der Waals surface area contributed by atoms with Gasteiger partial charge in [0.05, 0.1) is 18.7 Å². The number of hydrogen-bond donors (Lipinski definition) is 2. The van der Waals surface area contributed by atoms with Crippen molar-refractivity contribution in [3.63, 3.8) is 0 Å². The van der Waals surface area contributed by atoms with E-state index in [1.54, 1.807) is 0 Å². The number of carbonyl (C=O) groups is 2. The number of alkyl halides is 3. The van der Waals surface area contributed by atoms with Crippen LogP contribution < -0.4 is 15.4 Å². The quantitative estimate of drug-likeness (QED) is 0.695. The van der Waals surface area contributed by atoms with Crippen LogP contribution in [-0.4, -0.2) is 45.2 Å². The van der Waals surface area contributed by atoms with Crippen LogP contribution in [0.15, 0.2) is 24.3 Å². The van der Waals surface area contributed by atoms with E-state index in [-0.39, 0.29) is 12.3 Å². The Morgan fingerprint density at radius 1 is 1.17 bits per heavy atom. The summed E-state index contributed by atoms with van der Waals surface area (Å²) in [7, 11) is 1.49. The molecule has 0 bridgehead atoms. The maximum Gasteiger partial charge on any atom is 0.416 e. The van der Waals surface area contributed by atoms with Crippen LogP contribution in [0.2, 0.25) is 0 Å². The second-order valence-corrected chi connectivity index (χ2v) is 4.43. The van der Waals surface area contributed by atoms with Gasteiger partial charge in [-0.25, -0.2) is 0 Å². The average molecular weight is 334 g/mol. The molecule has 0 aliphatic carbocycles. The number of nitrogens with one attached hydrogen (secondary N) is 2. The van der Waals surface area contributed by atoms with Gasteiger partial charge in [-0.15, -0.1) is 0 Å². The third-order valence-corrected chi connectivity index (χ3v) is 2.61. The topological polar surface area (TPSA) is 76.7 Å². The third-order valence-electron chi connectivity index (χ3n) is 2.61. The van der Waals surface area contributed by atoms with Gasteiger partial charge in [0.1, 0.15) is 5.75 Å². The monoisotopic (exact) mass is 334 g/mol. The maximum atomic E-state index is 12.5. The van der Waals surface area contributed by atoms with E-state index < -0.39 is 30.2 Å². The smallest absolute Gasteiger partial charge is 0.416 e. The minimum atomic E-state index is -4.48. The molecule has 0 aliphatic rings. The van der Waals surface area contributed by atoms with E-state index >= 15 is 0 Å². The Bertz CT molecular complexity index is 535. The van der Waals surface area contributed by atoms with E-state index in [1.165, 1.54) is 19.2 Å². The molecular weight excluding hydrogens is 317 g/mol. The molecule has 0 fully saturated rings. The molecule has 0 spiro atoms. The van der Waals surface area contributed by atoms with E-state index in [1.807, 2.05) is 0 Å². The summed E-state index contributed by atoms with van der Waals surface area (Å²) in [6.07, 6.45) is -4.48. The molecule has 0 aliphatic heterocycles. The maximum absolute atomic E-state index is 12.5. The van der Waals surface area contributed by atoms with Gasteiger partial charge in [0.15, 0.2) is 6.61 Å². The zero-order valence-electron chi connectivity index (χ0n) is 12.4. The summed E-state index contributed by atoms with van der Waals surface area (Å²) in [6, 6.07) is 4.18. The van der Waals surface area contributed by atoms with E-state index in [0.29, 0.717) is 13.2 Å². The third kappa shape index (κ3) is 7.50.